The van der Waals surface area contributed by atoms with Crippen molar-refractivity contribution in [1.82, 2.24) is 0 Å². The second-order valence-corrected chi connectivity index (χ2v) is 9.19. The van der Waals surface area contributed by atoms with Gasteiger partial charge >= 0.3 is 0 Å². The van der Waals surface area contributed by atoms with Crippen molar-refractivity contribution < 1.29 is 19.4 Å². The maximum atomic E-state index is 14.6. The Balaban J connectivity index is 1.81. The number of phenolic OH excluding ortho intramolecular Hbond substituents is 1. The minimum atomic E-state index is -1.22. The van der Waals surface area contributed by atoms with E-state index < -0.39 is 17.3 Å². The summed E-state index contributed by atoms with van der Waals surface area (Å²) < 4.78 is 5.37. The number of fused-ring (bicyclic) bond motifs is 1. The van der Waals surface area contributed by atoms with Crippen LogP contribution in [0.3, 0.4) is 0 Å². The Morgan fingerprint density at radius 2 is 1.86 bits per heavy atom. The molecule has 3 aromatic rings. The number of methoxy groups -OCH3 is 1. The Morgan fingerprint density at radius 1 is 1.09 bits per heavy atom. The first-order chi connectivity index (χ1) is 16.9. The first kappa shape index (κ1) is 22.9. The Hall–Kier alpha value is -3.83. The molecule has 1 aliphatic carbocycles. The fourth-order valence-corrected chi connectivity index (χ4v) is 5.81. The molecule has 6 heteroatoms. The fourth-order valence-electron chi connectivity index (χ4n) is 5.63. The number of rotatable bonds is 5. The first-order valence-electron chi connectivity index (χ1n) is 11.3. The van der Waals surface area contributed by atoms with Gasteiger partial charge in [0.15, 0.2) is 11.5 Å². The van der Waals surface area contributed by atoms with Gasteiger partial charge in [0, 0.05) is 10.9 Å². The van der Waals surface area contributed by atoms with Crippen molar-refractivity contribution in [2.45, 2.75) is 17.8 Å². The Labute approximate surface area is 208 Å². The topological polar surface area (TPSA) is 66.8 Å². The van der Waals surface area contributed by atoms with E-state index in [2.05, 4.69) is 6.58 Å². The third kappa shape index (κ3) is 3.38. The minimum absolute atomic E-state index is 0.00381. The highest BCUT2D eigenvalue weighted by molar-refractivity contribution is 6.32. The lowest BCUT2D eigenvalue weighted by Crippen LogP contribution is -2.48. The third-order valence-electron chi connectivity index (χ3n) is 7.09. The monoisotopic (exact) mass is 485 g/mol. The number of aromatic hydroxyl groups is 1. The number of phenols is 1. The van der Waals surface area contributed by atoms with Gasteiger partial charge in [0.05, 0.1) is 24.1 Å². The molecule has 3 unspecified atom stereocenters. The summed E-state index contributed by atoms with van der Waals surface area (Å²) in [6, 6.07) is 21.3. The van der Waals surface area contributed by atoms with Gasteiger partial charge in [0.2, 0.25) is 11.8 Å². The second kappa shape index (κ2) is 8.75. The highest BCUT2D eigenvalue weighted by Gasteiger charge is 2.65. The largest absolute Gasteiger partial charge is 0.504 e. The normalized spacial score (nSPS) is 23.6. The van der Waals surface area contributed by atoms with Crippen LogP contribution in [0.4, 0.5) is 5.69 Å². The molecule has 0 aromatic heterocycles. The number of benzene rings is 3. The van der Waals surface area contributed by atoms with Gasteiger partial charge in [0.1, 0.15) is 0 Å². The molecule has 176 valence electrons. The summed E-state index contributed by atoms with van der Waals surface area (Å²) in [5.41, 5.74) is 1.55. The number of carbonyl (C=O) groups is 2. The molecular formula is C29H24ClNO4. The van der Waals surface area contributed by atoms with E-state index in [0.29, 0.717) is 22.9 Å². The predicted octanol–water partition coefficient (Wildman–Crippen LogP) is 5.78. The van der Waals surface area contributed by atoms with E-state index >= 15 is 0 Å². The predicted molar refractivity (Wildman–Crippen MR) is 136 cm³/mol. The van der Waals surface area contributed by atoms with E-state index in [1.54, 1.807) is 48.5 Å². The number of halogens is 1. The van der Waals surface area contributed by atoms with E-state index in [1.807, 2.05) is 36.4 Å². The van der Waals surface area contributed by atoms with Crippen LogP contribution in [0, 0.1) is 5.92 Å². The van der Waals surface area contributed by atoms with Crippen LogP contribution in [0.5, 0.6) is 11.5 Å². The van der Waals surface area contributed by atoms with Gasteiger partial charge < -0.3 is 9.84 Å². The first-order valence-corrected chi connectivity index (χ1v) is 11.7. The molecule has 1 aliphatic heterocycles. The van der Waals surface area contributed by atoms with Gasteiger partial charge in [-0.05, 0) is 53.5 Å². The summed E-state index contributed by atoms with van der Waals surface area (Å²) in [5, 5.41) is 10.7. The van der Waals surface area contributed by atoms with Gasteiger partial charge in [-0.25, -0.2) is 4.90 Å². The summed E-state index contributed by atoms with van der Waals surface area (Å²) in [6.45, 7) is 4.02. The Morgan fingerprint density at radius 3 is 2.54 bits per heavy atom. The van der Waals surface area contributed by atoms with Crippen LogP contribution >= 0.6 is 11.6 Å². The van der Waals surface area contributed by atoms with E-state index in [-0.39, 0.29) is 17.6 Å². The van der Waals surface area contributed by atoms with Crippen molar-refractivity contribution in [3.8, 4) is 11.5 Å². The number of amides is 2. The molecule has 1 N–H and O–H groups in total. The van der Waals surface area contributed by atoms with Gasteiger partial charge in [-0.2, -0.15) is 0 Å². The number of ether oxygens (including phenoxy) is 1. The average molecular weight is 486 g/mol. The summed E-state index contributed by atoms with van der Waals surface area (Å²) in [4.78, 5) is 29.8. The third-order valence-corrected chi connectivity index (χ3v) is 7.33. The van der Waals surface area contributed by atoms with E-state index in [9.17, 15) is 14.7 Å². The quantitative estimate of drug-likeness (QED) is 0.465. The van der Waals surface area contributed by atoms with Crippen molar-refractivity contribution >= 4 is 29.1 Å². The lowest BCUT2D eigenvalue weighted by molar-refractivity contribution is -0.123. The summed E-state index contributed by atoms with van der Waals surface area (Å²) in [5.74, 6) is -1.46. The molecule has 0 radical (unpaired) electrons. The van der Waals surface area contributed by atoms with Gasteiger partial charge in [-0.1, -0.05) is 72.8 Å². The number of imide groups is 1. The molecule has 2 aliphatic rings. The summed E-state index contributed by atoms with van der Waals surface area (Å²) in [6.07, 6.45) is 4.11. The summed E-state index contributed by atoms with van der Waals surface area (Å²) >= 11 is 6.23. The molecular weight excluding hydrogens is 462 g/mol. The number of allylic oxidation sites excluding steroid dienone is 3. The number of anilines is 1. The number of carbonyl (C=O) groups excluding carboxylic acids is 2. The van der Waals surface area contributed by atoms with Crippen molar-refractivity contribution in [2.75, 3.05) is 12.0 Å². The van der Waals surface area contributed by atoms with Gasteiger partial charge in [0.25, 0.3) is 0 Å². The number of nitrogens with zero attached hydrogens (tertiary/aromatic N) is 1. The van der Waals surface area contributed by atoms with Crippen molar-refractivity contribution in [1.29, 1.82) is 0 Å². The van der Waals surface area contributed by atoms with Gasteiger partial charge in [-0.15, -0.1) is 0 Å². The zero-order valence-electron chi connectivity index (χ0n) is 19.1. The van der Waals surface area contributed by atoms with Crippen molar-refractivity contribution in [3.05, 3.63) is 113 Å². The summed E-state index contributed by atoms with van der Waals surface area (Å²) in [7, 11) is 1.48. The molecule has 3 atom stereocenters. The van der Waals surface area contributed by atoms with Crippen LogP contribution in [-0.2, 0) is 15.0 Å². The molecule has 5 rings (SSSR count). The van der Waals surface area contributed by atoms with Crippen molar-refractivity contribution in [3.63, 3.8) is 0 Å². The maximum absolute atomic E-state index is 14.6. The van der Waals surface area contributed by atoms with Crippen LogP contribution in [-0.4, -0.2) is 24.0 Å². The molecule has 1 heterocycles. The molecule has 0 saturated carbocycles. The minimum Gasteiger partial charge on any atom is -0.504 e. The molecule has 0 spiro atoms. The molecule has 1 fully saturated rings. The smallest absolute Gasteiger partial charge is 0.246 e. The SMILES string of the molecule is C=CC1=CCC2C(=O)N(c3cccc(Cl)c3)C(=O)C2(c2ccccc2)C1c1ccc(O)c(OC)c1. The molecule has 1 saturated heterocycles. The number of hydrogen-bond acceptors (Lipinski definition) is 4. The maximum Gasteiger partial charge on any atom is 0.246 e. The lowest BCUT2D eigenvalue weighted by atomic mass is 9.56. The van der Waals surface area contributed by atoms with Crippen LogP contribution in [0.15, 0.2) is 97.1 Å². The molecule has 3 aromatic carbocycles. The Kier molecular flexibility index (Phi) is 5.73. The highest BCUT2D eigenvalue weighted by atomic mass is 35.5. The lowest BCUT2D eigenvalue weighted by Gasteiger charge is -2.43. The zero-order valence-corrected chi connectivity index (χ0v) is 19.9. The number of hydrogen-bond donors (Lipinski definition) is 1. The van der Waals surface area contributed by atoms with Crippen LogP contribution in [0.1, 0.15) is 23.5 Å². The Bertz CT molecular complexity index is 1370. The van der Waals surface area contributed by atoms with Crippen LogP contribution in [0.2, 0.25) is 5.02 Å². The van der Waals surface area contributed by atoms with E-state index in [0.717, 1.165) is 16.7 Å². The zero-order chi connectivity index (χ0) is 24.7. The van der Waals surface area contributed by atoms with Crippen LogP contribution < -0.4 is 9.64 Å². The van der Waals surface area contributed by atoms with E-state index in [1.165, 1.54) is 12.0 Å². The van der Waals surface area contributed by atoms with Crippen molar-refractivity contribution in [2.24, 2.45) is 5.92 Å². The standard InChI is InChI=1S/C29H24ClNO4/c1-3-18-12-14-23-27(33)31(22-11-7-10-21(30)17-22)28(34)29(23,20-8-5-4-6-9-20)26(18)19-13-15-24(32)25(16-19)35-2/h3-13,15-17,23,26,32H,1,14H2,2H3. The molecule has 35 heavy (non-hydrogen) atoms. The fraction of sp³-hybridized carbons (Fsp3) is 0.172. The van der Waals surface area contributed by atoms with E-state index in [4.69, 9.17) is 16.3 Å². The van der Waals surface area contributed by atoms with Crippen LogP contribution in [0.25, 0.3) is 0 Å². The van der Waals surface area contributed by atoms with Gasteiger partial charge in [-0.3, -0.25) is 9.59 Å². The highest BCUT2D eigenvalue weighted by Crippen LogP contribution is 2.58. The molecule has 0 bridgehead atoms. The molecule has 2 amide bonds. The second-order valence-electron chi connectivity index (χ2n) is 8.75. The molecule has 5 nitrogen and oxygen atoms in total. The average Bonchev–Trinajstić information content (AvgIpc) is 3.11.